The lowest BCUT2D eigenvalue weighted by atomic mass is 10.2. The van der Waals surface area contributed by atoms with Crippen molar-refractivity contribution in [3.05, 3.63) is 47.0 Å². The number of benzene rings is 2. The van der Waals surface area contributed by atoms with Gasteiger partial charge in [-0.15, -0.1) is 0 Å². The topological polar surface area (TPSA) is 18.5 Å². The molecule has 0 saturated heterocycles. The molecule has 2 nitrogen and oxygen atoms in total. The highest BCUT2D eigenvalue weighted by Crippen LogP contribution is 2.49. The van der Waals surface area contributed by atoms with Gasteiger partial charge in [0, 0.05) is 12.1 Å². The van der Waals surface area contributed by atoms with Crippen LogP contribution in [0, 0.1) is 34.9 Å². The Morgan fingerprint density at radius 1 is 0.550 bits per heavy atom. The molecule has 1 heterocycles. The van der Waals surface area contributed by atoms with Gasteiger partial charge in [0.2, 0.25) is 34.8 Å². The Balaban J connectivity index is 2.23. The van der Waals surface area contributed by atoms with Crippen molar-refractivity contribution in [1.29, 1.82) is 0 Å². The lowest BCUT2D eigenvalue weighted by Gasteiger charge is -2.21. The van der Waals surface area contributed by atoms with Crippen LogP contribution >= 0.6 is 0 Å². The van der Waals surface area contributed by atoms with E-state index in [2.05, 4.69) is 0 Å². The third-order valence-corrected chi connectivity index (χ3v) is 2.59. The summed E-state index contributed by atoms with van der Waals surface area (Å²) in [5.74, 6) is -13.7. The molecule has 1 aliphatic heterocycles. The minimum Gasteiger partial charge on any atom is -0.446 e. The van der Waals surface area contributed by atoms with Gasteiger partial charge in [0.1, 0.15) is 0 Å². The van der Waals surface area contributed by atoms with E-state index in [1.165, 1.54) is 0 Å². The van der Waals surface area contributed by atoms with Crippen LogP contribution in [0.2, 0.25) is 0 Å². The first-order valence-electron chi connectivity index (χ1n) is 5.11. The molecule has 0 saturated carbocycles. The van der Waals surface area contributed by atoms with Gasteiger partial charge < -0.3 is 9.47 Å². The molecule has 8 heteroatoms. The van der Waals surface area contributed by atoms with Crippen LogP contribution in [0.15, 0.2) is 12.1 Å². The molecule has 0 atom stereocenters. The molecule has 0 N–H and O–H groups in total. The van der Waals surface area contributed by atoms with Crippen LogP contribution in [-0.2, 0) is 0 Å². The fourth-order valence-electron chi connectivity index (χ4n) is 1.66. The van der Waals surface area contributed by atoms with E-state index in [-0.39, 0.29) is 0 Å². The van der Waals surface area contributed by atoms with E-state index in [9.17, 15) is 26.3 Å². The first-order chi connectivity index (χ1) is 9.40. The van der Waals surface area contributed by atoms with E-state index in [0.717, 1.165) is 0 Å². The highest BCUT2D eigenvalue weighted by molar-refractivity contribution is 5.56. The summed E-state index contributed by atoms with van der Waals surface area (Å²) < 4.78 is 88.4. The zero-order valence-electron chi connectivity index (χ0n) is 9.24. The van der Waals surface area contributed by atoms with Crippen molar-refractivity contribution in [2.45, 2.75) is 0 Å². The molecule has 0 unspecified atom stereocenters. The van der Waals surface area contributed by atoms with Gasteiger partial charge in [0.15, 0.2) is 23.1 Å². The Morgan fingerprint density at radius 3 is 1.25 bits per heavy atom. The number of hydrogen-bond acceptors (Lipinski definition) is 2. The highest BCUT2D eigenvalue weighted by Gasteiger charge is 2.33. The van der Waals surface area contributed by atoms with Crippen molar-refractivity contribution in [3.8, 4) is 23.0 Å². The lowest BCUT2D eigenvalue weighted by molar-refractivity contribution is 0.295. The SMILES string of the molecule is Fc1cc2c(cc1F)Oc1c(F)c(F)c(F)c(F)c1O2. The van der Waals surface area contributed by atoms with Crippen molar-refractivity contribution >= 4 is 0 Å². The minimum absolute atomic E-state index is 0.499. The Morgan fingerprint density at radius 2 is 0.900 bits per heavy atom. The molecule has 104 valence electrons. The normalized spacial score (nSPS) is 12.3. The fourth-order valence-corrected chi connectivity index (χ4v) is 1.66. The second-order valence-corrected chi connectivity index (χ2v) is 3.83. The Hall–Kier alpha value is -2.38. The van der Waals surface area contributed by atoms with E-state index in [1.54, 1.807) is 0 Å². The summed E-state index contributed by atoms with van der Waals surface area (Å²) in [6.45, 7) is 0. The largest absolute Gasteiger partial charge is 0.446 e. The van der Waals surface area contributed by atoms with E-state index in [4.69, 9.17) is 9.47 Å². The first-order valence-corrected chi connectivity index (χ1v) is 5.11. The average molecular weight is 292 g/mol. The molecule has 3 rings (SSSR count). The van der Waals surface area contributed by atoms with Gasteiger partial charge in [-0.25, -0.2) is 17.6 Å². The summed E-state index contributed by atoms with van der Waals surface area (Å²) in [5, 5.41) is 0. The summed E-state index contributed by atoms with van der Waals surface area (Å²) >= 11 is 0. The Labute approximate surface area is 107 Å². The third kappa shape index (κ3) is 1.60. The molecule has 0 aliphatic carbocycles. The molecular formula is C12H2F6O2. The number of hydrogen-bond donors (Lipinski definition) is 0. The monoisotopic (exact) mass is 292 g/mol. The Kier molecular flexibility index (Phi) is 2.56. The minimum atomic E-state index is -2.10. The van der Waals surface area contributed by atoms with Gasteiger partial charge in [-0.3, -0.25) is 0 Å². The van der Waals surface area contributed by atoms with Crippen LogP contribution in [0.1, 0.15) is 0 Å². The molecule has 0 aromatic heterocycles. The predicted molar refractivity (Wildman–Crippen MR) is 52.8 cm³/mol. The second-order valence-electron chi connectivity index (χ2n) is 3.83. The molecule has 2 aromatic carbocycles. The van der Waals surface area contributed by atoms with Crippen LogP contribution in [-0.4, -0.2) is 0 Å². The molecule has 0 fully saturated rings. The standard InChI is InChI=1S/C12H2F6O2/c13-3-1-5-6(2-4(3)14)20-12-10(18)8(16)7(15)9(17)11(12)19-5/h1-2H. The van der Waals surface area contributed by atoms with Crippen molar-refractivity contribution in [2.24, 2.45) is 0 Å². The van der Waals surface area contributed by atoms with E-state index in [1.807, 2.05) is 0 Å². The van der Waals surface area contributed by atoms with E-state index in [0.29, 0.717) is 12.1 Å². The zero-order chi connectivity index (χ0) is 14.6. The maximum Gasteiger partial charge on any atom is 0.212 e. The molecule has 2 aromatic rings. The third-order valence-electron chi connectivity index (χ3n) is 2.59. The van der Waals surface area contributed by atoms with Crippen LogP contribution in [0.3, 0.4) is 0 Å². The number of halogens is 6. The van der Waals surface area contributed by atoms with E-state index < -0.39 is 57.9 Å². The quantitative estimate of drug-likeness (QED) is 0.347. The van der Waals surface area contributed by atoms with Gasteiger partial charge >= 0.3 is 0 Å². The summed E-state index contributed by atoms with van der Waals surface area (Å²) in [4.78, 5) is 0. The predicted octanol–water partition coefficient (Wildman–Crippen LogP) is 4.42. The Bertz CT molecular complexity index is 682. The summed E-state index contributed by atoms with van der Waals surface area (Å²) in [5.41, 5.74) is 0. The zero-order valence-corrected chi connectivity index (χ0v) is 9.24. The van der Waals surface area contributed by atoms with Crippen molar-refractivity contribution in [2.75, 3.05) is 0 Å². The molecule has 0 spiro atoms. The van der Waals surface area contributed by atoms with Crippen molar-refractivity contribution in [1.82, 2.24) is 0 Å². The molecule has 0 amide bonds. The van der Waals surface area contributed by atoms with Gasteiger partial charge in [0.25, 0.3) is 0 Å². The fraction of sp³-hybridized carbons (Fsp3) is 0. The van der Waals surface area contributed by atoms with Crippen LogP contribution in [0.25, 0.3) is 0 Å². The van der Waals surface area contributed by atoms with Gasteiger partial charge in [-0.05, 0) is 0 Å². The summed E-state index contributed by atoms with van der Waals surface area (Å²) in [7, 11) is 0. The second kappa shape index (κ2) is 4.06. The number of fused-ring (bicyclic) bond motifs is 2. The van der Waals surface area contributed by atoms with Crippen molar-refractivity contribution in [3.63, 3.8) is 0 Å². The highest BCUT2D eigenvalue weighted by atomic mass is 19.2. The van der Waals surface area contributed by atoms with Gasteiger partial charge in [-0.2, -0.15) is 8.78 Å². The molecule has 20 heavy (non-hydrogen) atoms. The summed E-state index contributed by atoms with van der Waals surface area (Å²) in [6.07, 6.45) is 0. The van der Waals surface area contributed by atoms with Crippen LogP contribution in [0.5, 0.6) is 23.0 Å². The maximum absolute atomic E-state index is 13.4. The summed E-state index contributed by atoms with van der Waals surface area (Å²) in [6, 6.07) is 1.01. The maximum atomic E-state index is 13.4. The van der Waals surface area contributed by atoms with Gasteiger partial charge in [-0.1, -0.05) is 0 Å². The molecule has 1 aliphatic rings. The lowest BCUT2D eigenvalue weighted by Crippen LogP contribution is -2.08. The number of ether oxygens (including phenoxy) is 2. The molecule has 0 bridgehead atoms. The van der Waals surface area contributed by atoms with Crippen molar-refractivity contribution < 1.29 is 35.8 Å². The van der Waals surface area contributed by atoms with Crippen LogP contribution < -0.4 is 9.47 Å². The van der Waals surface area contributed by atoms with Gasteiger partial charge in [0.05, 0.1) is 0 Å². The van der Waals surface area contributed by atoms with E-state index >= 15 is 0 Å². The molecule has 0 radical (unpaired) electrons. The first kappa shape index (κ1) is 12.6. The molecular weight excluding hydrogens is 290 g/mol. The number of rotatable bonds is 0. The smallest absolute Gasteiger partial charge is 0.212 e. The average Bonchev–Trinajstić information content (AvgIpc) is 2.43. The van der Waals surface area contributed by atoms with Crippen LogP contribution in [0.4, 0.5) is 26.3 Å².